The Labute approximate surface area is 146 Å². The van der Waals surface area contributed by atoms with E-state index in [-0.39, 0.29) is 41.1 Å². The van der Waals surface area contributed by atoms with E-state index in [1.165, 1.54) is 25.3 Å². The van der Waals surface area contributed by atoms with Crippen LogP contribution in [0.5, 0.6) is 0 Å². The predicted octanol–water partition coefficient (Wildman–Crippen LogP) is 0.225. The molecule has 1 fully saturated rings. The van der Waals surface area contributed by atoms with Crippen LogP contribution in [0.25, 0.3) is 0 Å². The average Bonchev–Trinajstić information content (AvgIpc) is 2.53. The molecule has 0 aromatic heterocycles. The third-order valence-electron chi connectivity index (χ3n) is 3.26. The second kappa shape index (κ2) is 8.43. The molecule has 0 radical (unpaired) electrons. The molecule has 1 unspecified atom stereocenters. The number of carbonyl (C=O) groups is 2. The Kier molecular flexibility index (Phi) is 7.15. The minimum absolute atomic E-state index is 0. The molecular formula is C14H19ClN2O6S. The van der Waals surface area contributed by atoms with Crippen LogP contribution >= 0.6 is 12.4 Å². The second-order valence-electron chi connectivity index (χ2n) is 5.08. The highest BCUT2D eigenvalue weighted by atomic mass is 35.5. The lowest BCUT2D eigenvalue weighted by Gasteiger charge is -2.23. The van der Waals surface area contributed by atoms with Crippen LogP contribution in [0.2, 0.25) is 0 Å². The number of hydrogen-bond acceptors (Lipinski definition) is 7. The van der Waals surface area contributed by atoms with E-state index < -0.39 is 21.8 Å². The third kappa shape index (κ3) is 5.17. The molecule has 1 heterocycles. The standard InChI is InChI=1S/C14H18N2O6S.ClH/c1-21-14(18)9-5-10(7-11(6-9)23(2,19)20)16-13(17)12-8-22-4-3-15-12;/h5-7,12,15H,3-4,8H2,1-2H3,(H,16,17);1H. The van der Waals surface area contributed by atoms with E-state index in [0.29, 0.717) is 13.2 Å². The van der Waals surface area contributed by atoms with E-state index in [9.17, 15) is 18.0 Å². The van der Waals surface area contributed by atoms with Crippen LogP contribution in [0.3, 0.4) is 0 Å². The number of benzene rings is 1. The van der Waals surface area contributed by atoms with Crippen molar-refractivity contribution in [3.8, 4) is 0 Å². The van der Waals surface area contributed by atoms with Crippen molar-refractivity contribution in [2.45, 2.75) is 10.9 Å². The van der Waals surface area contributed by atoms with Gasteiger partial charge in [-0.3, -0.25) is 4.79 Å². The summed E-state index contributed by atoms with van der Waals surface area (Å²) in [6.07, 6.45) is 1.02. The number of nitrogens with one attached hydrogen (secondary N) is 2. The molecule has 1 aromatic carbocycles. The van der Waals surface area contributed by atoms with Gasteiger partial charge in [0.15, 0.2) is 9.84 Å². The highest BCUT2D eigenvalue weighted by molar-refractivity contribution is 7.90. The van der Waals surface area contributed by atoms with E-state index in [2.05, 4.69) is 15.4 Å². The van der Waals surface area contributed by atoms with E-state index in [1.54, 1.807) is 0 Å². The number of hydrogen-bond donors (Lipinski definition) is 2. The third-order valence-corrected chi connectivity index (χ3v) is 4.35. The number of rotatable bonds is 4. The Morgan fingerprint density at radius 3 is 2.58 bits per heavy atom. The molecule has 1 aromatic rings. The molecule has 24 heavy (non-hydrogen) atoms. The summed E-state index contributed by atoms with van der Waals surface area (Å²) in [5.41, 5.74) is 0.240. The summed E-state index contributed by atoms with van der Waals surface area (Å²) >= 11 is 0. The highest BCUT2D eigenvalue weighted by Gasteiger charge is 2.22. The van der Waals surface area contributed by atoms with Crippen molar-refractivity contribution in [2.75, 3.05) is 38.4 Å². The number of methoxy groups -OCH3 is 1. The minimum atomic E-state index is -3.55. The molecule has 1 atom stereocenters. The summed E-state index contributed by atoms with van der Waals surface area (Å²) in [4.78, 5) is 23.8. The lowest BCUT2D eigenvalue weighted by Crippen LogP contribution is -2.48. The maximum absolute atomic E-state index is 12.2. The first-order chi connectivity index (χ1) is 10.8. The average molecular weight is 379 g/mol. The molecule has 0 aliphatic carbocycles. The smallest absolute Gasteiger partial charge is 0.337 e. The fraction of sp³-hybridized carbons (Fsp3) is 0.429. The van der Waals surface area contributed by atoms with Crippen molar-refractivity contribution in [1.82, 2.24) is 5.32 Å². The quantitative estimate of drug-likeness (QED) is 0.721. The van der Waals surface area contributed by atoms with Crippen LogP contribution < -0.4 is 10.6 Å². The van der Waals surface area contributed by atoms with Crippen molar-refractivity contribution in [3.63, 3.8) is 0 Å². The molecule has 2 rings (SSSR count). The summed E-state index contributed by atoms with van der Waals surface area (Å²) in [6, 6.07) is 3.33. The zero-order valence-electron chi connectivity index (χ0n) is 13.2. The number of amides is 1. The van der Waals surface area contributed by atoms with Crippen molar-refractivity contribution in [2.24, 2.45) is 0 Å². The SMILES string of the molecule is COC(=O)c1cc(NC(=O)C2COCCN2)cc(S(C)(=O)=O)c1.Cl. The molecule has 1 saturated heterocycles. The molecular weight excluding hydrogens is 360 g/mol. The Hall–Kier alpha value is -1.68. The van der Waals surface area contributed by atoms with Gasteiger partial charge in [-0.2, -0.15) is 0 Å². The van der Waals surface area contributed by atoms with Gasteiger partial charge in [-0.1, -0.05) is 0 Å². The minimum Gasteiger partial charge on any atom is -0.465 e. The number of anilines is 1. The molecule has 1 aliphatic rings. The number of carbonyl (C=O) groups excluding carboxylic acids is 2. The van der Waals surface area contributed by atoms with Gasteiger partial charge >= 0.3 is 5.97 Å². The topological polar surface area (TPSA) is 111 Å². The van der Waals surface area contributed by atoms with Crippen molar-refractivity contribution < 1.29 is 27.5 Å². The number of sulfone groups is 1. The van der Waals surface area contributed by atoms with E-state index in [0.717, 1.165) is 6.26 Å². The van der Waals surface area contributed by atoms with Gasteiger partial charge in [0.2, 0.25) is 5.91 Å². The van der Waals surface area contributed by atoms with Crippen molar-refractivity contribution in [1.29, 1.82) is 0 Å². The number of morpholine rings is 1. The fourth-order valence-corrected chi connectivity index (χ4v) is 2.77. The largest absolute Gasteiger partial charge is 0.465 e. The van der Waals surface area contributed by atoms with Crippen molar-refractivity contribution >= 4 is 39.8 Å². The number of esters is 1. The maximum atomic E-state index is 12.2. The van der Waals surface area contributed by atoms with Gasteiger partial charge in [0.1, 0.15) is 6.04 Å². The number of halogens is 1. The van der Waals surface area contributed by atoms with Crippen LogP contribution in [-0.2, 0) is 24.1 Å². The molecule has 1 amide bonds. The first-order valence-corrected chi connectivity index (χ1v) is 8.76. The molecule has 0 saturated carbocycles. The Balaban J connectivity index is 0.00000288. The van der Waals surface area contributed by atoms with Gasteiger partial charge in [-0.05, 0) is 18.2 Å². The highest BCUT2D eigenvalue weighted by Crippen LogP contribution is 2.20. The molecule has 8 nitrogen and oxygen atoms in total. The first-order valence-electron chi connectivity index (χ1n) is 6.86. The van der Waals surface area contributed by atoms with Crippen LogP contribution in [0.1, 0.15) is 10.4 Å². The fourth-order valence-electron chi connectivity index (χ4n) is 2.08. The lowest BCUT2D eigenvalue weighted by atomic mass is 10.2. The molecule has 0 bridgehead atoms. The number of ether oxygens (including phenoxy) is 2. The molecule has 2 N–H and O–H groups in total. The van der Waals surface area contributed by atoms with Gasteiger partial charge in [-0.25, -0.2) is 13.2 Å². The Morgan fingerprint density at radius 1 is 1.33 bits per heavy atom. The predicted molar refractivity (Wildman–Crippen MR) is 89.4 cm³/mol. The van der Waals surface area contributed by atoms with Crippen molar-refractivity contribution in [3.05, 3.63) is 23.8 Å². The second-order valence-corrected chi connectivity index (χ2v) is 7.10. The summed E-state index contributed by atoms with van der Waals surface area (Å²) in [7, 11) is -2.36. The van der Waals surface area contributed by atoms with Crippen LogP contribution in [-0.4, -0.2) is 59.5 Å². The summed E-state index contributed by atoms with van der Waals surface area (Å²) in [6.45, 7) is 1.30. The lowest BCUT2D eigenvalue weighted by molar-refractivity contribution is -0.120. The normalized spacial score (nSPS) is 17.5. The molecule has 0 spiro atoms. The maximum Gasteiger partial charge on any atom is 0.337 e. The van der Waals surface area contributed by atoms with Crippen LogP contribution in [0.15, 0.2) is 23.1 Å². The van der Waals surface area contributed by atoms with Gasteiger partial charge in [0, 0.05) is 18.5 Å². The zero-order chi connectivity index (χ0) is 17.0. The zero-order valence-corrected chi connectivity index (χ0v) is 14.8. The van der Waals surface area contributed by atoms with Crippen LogP contribution in [0.4, 0.5) is 5.69 Å². The Morgan fingerprint density at radius 2 is 2.04 bits per heavy atom. The van der Waals surface area contributed by atoms with Gasteiger partial charge in [0.05, 0.1) is 30.8 Å². The Bertz CT molecular complexity index is 716. The molecule has 10 heteroatoms. The van der Waals surface area contributed by atoms with Gasteiger partial charge in [-0.15, -0.1) is 12.4 Å². The molecule has 134 valence electrons. The summed E-state index contributed by atoms with van der Waals surface area (Å²) in [5.74, 6) is -1.06. The first kappa shape index (κ1) is 20.4. The monoisotopic (exact) mass is 378 g/mol. The van der Waals surface area contributed by atoms with Gasteiger partial charge < -0.3 is 20.1 Å². The summed E-state index contributed by atoms with van der Waals surface area (Å²) in [5, 5.41) is 5.58. The van der Waals surface area contributed by atoms with Gasteiger partial charge in [0.25, 0.3) is 0 Å². The van der Waals surface area contributed by atoms with E-state index in [4.69, 9.17) is 4.74 Å². The van der Waals surface area contributed by atoms with E-state index >= 15 is 0 Å². The molecule has 1 aliphatic heterocycles. The summed E-state index contributed by atoms with van der Waals surface area (Å²) < 4.78 is 33.3. The van der Waals surface area contributed by atoms with Crippen LogP contribution in [0, 0.1) is 0 Å². The van der Waals surface area contributed by atoms with E-state index in [1.807, 2.05) is 0 Å².